The van der Waals surface area contributed by atoms with Crippen LogP contribution in [-0.2, 0) is 26.2 Å². The van der Waals surface area contributed by atoms with E-state index in [1.54, 1.807) is 76.3 Å². The molecule has 0 aliphatic heterocycles. The topological polar surface area (TPSA) is 40.6 Å². The molecule has 0 atom stereocenters. The summed E-state index contributed by atoms with van der Waals surface area (Å²) >= 11 is -5.21. The maximum absolute atomic E-state index is 17.9. The summed E-state index contributed by atoms with van der Waals surface area (Å²) in [5.41, 5.74) is -1.86. The Labute approximate surface area is 318 Å². The van der Waals surface area contributed by atoms with Crippen molar-refractivity contribution >= 4 is 30.9 Å². The molecule has 53 heavy (non-hydrogen) atoms. The van der Waals surface area contributed by atoms with E-state index in [-0.39, 0.29) is 44.0 Å². The van der Waals surface area contributed by atoms with Crippen LogP contribution in [0, 0.1) is 34.1 Å². The molecule has 0 spiro atoms. The van der Waals surface area contributed by atoms with E-state index in [4.69, 9.17) is 0 Å². The number of amides is 2. The minimum absolute atomic E-state index is 0.0889. The van der Waals surface area contributed by atoms with Crippen LogP contribution in [-0.4, -0.2) is 24.9 Å². The number of nitrogens with zero attached hydrogens (tertiary/aromatic N) is 2. The number of benzene rings is 2. The van der Waals surface area contributed by atoms with Gasteiger partial charge in [-0.1, -0.05) is 0 Å². The number of unbranched alkanes of at least 4 members (excludes halogenated alkanes) is 4. The molecule has 0 N–H and O–H groups in total. The molecule has 0 saturated heterocycles. The standard InChI is InChI=1S/2C17H24F2NO.2C5H5.Ti/c2*1-5-7-8-11-20(16(21)17(3,4)6-2)15-10-9-13(18)12-14(15)19;2*1-2-4-5-3-1;/h2*9-10H,5-8,11H2,1-4H3;2*1-5H;. The predicted molar refractivity (Wildman–Crippen MR) is 208 cm³/mol. The van der Waals surface area contributed by atoms with E-state index in [0.717, 1.165) is 37.8 Å². The predicted octanol–water partition coefficient (Wildman–Crippen LogP) is 11.1. The van der Waals surface area contributed by atoms with E-state index < -0.39 is 59.1 Å². The number of carbonyl (C=O) groups is 2. The molecule has 2 aromatic carbocycles. The summed E-state index contributed by atoms with van der Waals surface area (Å²) in [6.45, 7) is 15.5. The van der Waals surface area contributed by atoms with Gasteiger partial charge in [-0.05, 0) is 0 Å². The molecule has 9 heteroatoms. The minimum atomic E-state index is -5.21. The third-order valence-electron chi connectivity index (χ3n) is 11.5. The Morgan fingerprint density at radius 3 is 1.23 bits per heavy atom. The second-order valence-electron chi connectivity index (χ2n) is 15.8. The molecular formula is C44H58F4N2O2Ti. The summed E-state index contributed by atoms with van der Waals surface area (Å²) < 4.78 is 67.5. The Morgan fingerprint density at radius 2 is 0.925 bits per heavy atom. The van der Waals surface area contributed by atoms with Crippen molar-refractivity contribution in [1.29, 1.82) is 0 Å². The molecule has 0 aromatic heterocycles. The van der Waals surface area contributed by atoms with Gasteiger partial charge in [0.05, 0.1) is 0 Å². The third kappa shape index (κ3) is 8.39. The zero-order valence-electron chi connectivity index (χ0n) is 32.9. The second-order valence-corrected chi connectivity index (χ2v) is 22.1. The molecule has 0 unspecified atom stereocenters. The number of rotatable bonds is 18. The molecule has 288 valence electrons. The van der Waals surface area contributed by atoms with Crippen LogP contribution in [0.25, 0.3) is 0 Å². The molecule has 2 amide bonds. The van der Waals surface area contributed by atoms with E-state index in [0.29, 0.717) is 25.7 Å². The van der Waals surface area contributed by atoms with Gasteiger partial charge in [-0.3, -0.25) is 0 Å². The van der Waals surface area contributed by atoms with Gasteiger partial charge in [0.25, 0.3) is 0 Å². The monoisotopic (exact) mass is 770 g/mol. The third-order valence-corrected chi connectivity index (χ3v) is 20.0. The molecule has 2 aromatic rings. The van der Waals surface area contributed by atoms with Crippen LogP contribution in [0.15, 0.2) is 72.9 Å². The number of allylic oxidation sites excluding steroid dienone is 8. The molecule has 0 bridgehead atoms. The Kier molecular flexibility index (Phi) is 14.4. The van der Waals surface area contributed by atoms with E-state index >= 15 is 17.6 Å². The number of hydrogen-bond acceptors (Lipinski definition) is 2. The van der Waals surface area contributed by atoms with Gasteiger partial charge in [0.1, 0.15) is 0 Å². The number of carbonyl (C=O) groups excluding carboxylic acids is 2. The van der Waals surface area contributed by atoms with Crippen LogP contribution in [0.5, 0.6) is 0 Å². The molecule has 4 nitrogen and oxygen atoms in total. The van der Waals surface area contributed by atoms with E-state index in [1.807, 2.05) is 27.7 Å². The Bertz CT molecular complexity index is 1610. The first-order chi connectivity index (χ1) is 25.1. The van der Waals surface area contributed by atoms with Gasteiger partial charge < -0.3 is 0 Å². The Balaban J connectivity index is 2.14. The van der Waals surface area contributed by atoms with Gasteiger partial charge >= 0.3 is 320 Å². The van der Waals surface area contributed by atoms with Crippen LogP contribution in [0.4, 0.5) is 28.9 Å². The molecule has 0 radical (unpaired) electrons. The molecule has 0 saturated carbocycles. The first-order valence-corrected chi connectivity index (χ1v) is 22.8. The van der Waals surface area contributed by atoms with Crippen LogP contribution < -0.4 is 17.5 Å². The zero-order valence-corrected chi connectivity index (χ0v) is 34.4. The van der Waals surface area contributed by atoms with E-state index in [2.05, 4.69) is 0 Å². The van der Waals surface area contributed by atoms with Gasteiger partial charge in [-0.2, -0.15) is 0 Å². The first kappa shape index (κ1) is 42.5. The second kappa shape index (κ2) is 17.9. The van der Waals surface area contributed by atoms with Crippen LogP contribution in [0.1, 0.15) is 107 Å². The number of hydrogen-bond donors (Lipinski definition) is 0. The first-order valence-electron chi connectivity index (χ1n) is 19.5. The molecule has 0 heterocycles. The fraction of sp³-hybridized carbons (Fsp3) is 0.500. The van der Waals surface area contributed by atoms with Crippen molar-refractivity contribution < 1.29 is 43.7 Å². The van der Waals surface area contributed by atoms with Crippen molar-refractivity contribution in [3.05, 3.63) is 96.1 Å². The summed E-state index contributed by atoms with van der Waals surface area (Å²) in [4.78, 5) is 31.1. The zero-order chi connectivity index (χ0) is 39.1. The summed E-state index contributed by atoms with van der Waals surface area (Å²) in [5, 5.41) is 0. The van der Waals surface area contributed by atoms with Gasteiger partial charge in [-0.25, -0.2) is 0 Å². The van der Waals surface area contributed by atoms with E-state index in [1.165, 1.54) is 21.9 Å². The number of anilines is 2. The average Bonchev–Trinajstić information content (AvgIpc) is 3.88. The fourth-order valence-electron chi connectivity index (χ4n) is 7.48. The molecular weight excluding hydrogens is 712 g/mol. The Hall–Kier alpha value is -3.23. The van der Waals surface area contributed by atoms with Crippen molar-refractivity contribution in [2.24, 2.45) is 10.8 Å². The van der Waals surface area contributed by atoms with Gasteiger partial charge in [0.15, 0.2) is 0 Å². The summed E-state index contributed by atoms with van der Waals surface area (Å²) in [6, 6.07) is 4.89. The average molecular weight is 771 g/mol. The van der Waals surface area contributed by atoms with Crippen molar-refractivity contribution in [3.63, 3.8) is 0 Å². The van der Waals surface area contributed by atoms with Crippen LogP contribution >= 0.6 is 0 Å². The fourth-order valence-corrected chi connectivity index (χ4v) is 16.3. The summed E-state index contributed by atoms with van der Waals surface area (Å²) in [6.07, 6.45) is 19.7. The van der Waals surface area contributed by atoms with Gasteiger partial charge in [0.2, 0.25) is 0 Å². The molecule has 2 aliphatic carbocycles. The van der Waals surface area contributed by atoms with Gasteiger partial charge in [-0.15, -0.1) is 0 Å². The van der Waals surface area contributed by atoms with Crippen molar-refractivity contribution in [1.82, 2.24) is 0 Å². The molecule has 2 aliphatic rings. The summed E-state index contributed by atoms with van der Waals surface area (Å²) in [7, 11) is 0. The quantitative estimate of drug-likeness (QED) is 0.0860. The normalized spacial score (nSPS) is 14.9. The molecule has 4 rings (SSSR count). The Morgan fingerprint density at radius 1 is 0.585 bits per heavy atom. The maximum atomic E-state index is 17.9. The van der Waals surface area contributed by atoms with Crippen molar-refractivity contribution in [2.75, 3.05) is 22.9 Å². The SMILES string of the molecule is CCCCCN(C(=O)C(C)(C)CC)c1ccc(F)[c]([Ti]([c]2c(F)ccc(N(CCCCC)C(=O)C(C)(C)CC)c2F)([CH]2C=CC=C2)[CH]2C=CC=C2)c1F. The molecule has 0 fully saturated rings. The van der Waals surface area contributed by atoms with Gasteiger partial charge in [0, 0.05) is 0 Å². The van der Waals surface area contributed by atoms with Crippen molar-refractivity contribution in [2.45, 2.75) is 115 Å². The van der Waals surface area contributed by atoms with Crippen LogP contribution in [0.2, 0.25) is 8.45 Å². The summed E-state index contributed by atoms with van der Waals surface area (Å²) in [5.74, 6) is -4.34. The van der Waals surface area contributed by atoms with Crippen LogP contribution in [0.3, 0.4) is 0 Å². The van der Waals surface area contributed by atoms with Crippen molar-refractivity contribution in [3.8, 4) is 0 Å². The van der Waals surface area contributed by atoms with E-state index in [9.17, 15) is 9.59 Å². The number of halogens is 4.